The van der Waals surface area contributed by atoms with Crippen LogP contribution < -0.4 is 10.6 Å². The summed E-state index contributed by atoms with van der Waals surface area (Å²) in [5.74, 6) is 0. The minimum absolute atomic E-state index is 0.181. The summed E-state index contributed by atoms with van der Waals surface area (Å²) in [6, 6.07) is 5.72. The predicted molar refractivity (Wildman–Crippen MR) is 63.3 cm³/mol. The van der Waals surface area contributed by atoms with E-state index in [1.807, 2.05) is 12.1 Å². The highest BCUT2D eigenvalue weighted by atomic mass is 35.5. The van der Waals surface area contributed by atoms with Gasteiger partial charge in [-0.3, -0.25) is 0 Å². The molecule has 0 amide bonds. The molecule has 1 saturated heterocycles. The summed E-state index contributed by atoms with van der Waals surface area (Å²) in [4.78, 5) is 2.15. The molecule has 2 rings (SSSR count). The van der Waals surface area contributed by atoms with E-state index in [0.29, 0.717) is 10.7 Å². The lowest BCUT2D eigenvalue weighted by molar-refractivity contribution is 0.266. The third kappa shape index (κ3) is 2.03. The van der Waals surface area contributed by atoms with E-state index in [1.165, 1.54) is 0 Å². The highest BCUT2D eigenvalue weighted by molar-refractivity contribution is 6.33. The van der Waals surface area contributed by atoms with Gasteiger partial charge in [-0.05, 0) is 31.0 Å². The second-order valence-electron chi connectivity index (χ2n) is 3.88. The van der Waals surface area contributed by atoms with Gasteiger partial charge in [0.15, 0.2) is 0 Å². The first kappa shape index (κ1) is 10.6. The summed E-state index contributed by atoms with van der Waals surface area (Å²) in [7, 11) is 0. The molecular weight excluding hydrogens is 212 g/mol. The maximum absolute atomic E-state index is 9.23. The molecule has 15 heavy (non-hydrogen) atoms. The smallest absolute Gasteiger partial charge is 0.0660 e. The molecule has 1 aromatic rings. The quantitative estimate of drug-likeness (QED) is 0.758. The number of aliphatic hydroxyl groups excluding tert-OH is 1. The van der Waals surface area contributed by atoms with E-state index in [2.05, 4.69) is 4.90 Å². The Morgan fingerprint density at radius 2 is 2.33 bits per heavy atom. The van der Waals surface area contributed by atoms with Gasteiger partial charge in [0.2, 0.25) is 0 Å². The Bertz CT molecular complexity index is 356. The van der Waals surface area contributed by atoms with Crippen molar-refractivity contribution in [3.05, 3.63) is 23.2 Å². The summed E-state index contributed by atoms with van der Waals surface area (Å²) in [6.45, 7) is 1.13. The number of hydrogen-bond acceptors (Lipinski definition) is 3. The van der Waals surface area contributed by atoms with Gasteiger partial charge < -0.3 is 15.7 Å². The number of halogens is 1. The average Bonchev–Trinajstić information content (AvgIpc) is 2.65. The van der Waals surface area contributed by atoms with Gasteiger partial charge in [-0.25, -0.2) is 0 Å². The van der Waals surface area contributed by atoms with Crippen molar-refractivity contribution < 1.29 is 5.11 Å². The molecule has 1 aliphatic rings. The number of rotatable bonds is 2. The molecule has 1 aliphatic heterocycles. The normalized spacial score (nSPS) is 20.9. The van der Waals surface area contributed by atoms with E-state index < -0.39 is 0 Å². The van der Waals surface area contributed by atoms with E-state index in [0.717, 1.165) is 25.1 Å². The maximum Gasteiger partial charge on any atom is 0.0660 e. The minimum atomic E-state index is 0.181. The first-order chi connectivity index (χ1) is 7.22. The summed E-state index contributed by atoms with van der Waals surface area (Å²) < 4.78 is 0. The second kappa shape index (κ2) is 4.29. The number of benzene rings is 1. The van der Waals surface area contributed by atoms with Crippen molar-refractivity contribution in [2.75, 3.05) is 23.8 Å². The number of nitrogens with zero attached hydrogens (tertiary/aromatic N) is 1. The van der Waals surface area contributed by atoms with E-state index >= 15 is 0 Å². The Hall–Kier alpha value is -0.930. The highest BCUT2D eigenvalue weighted by Crippen LogP contribution is 2.32. The molecule has 0 aliphatic carbocycles. The first-order valence-corrected chi connectivity index (χ1v) is 5.52. The fraction of sp³-hybridized carbons (Fsp3) is 0.455. The molecule has 0 spiro atoms. The van der Waals surface area contributed by atoms with Crippen molar-refractivity contribution in [3.63, 3.8) is 0 Å². The van der Waals surface area contributed by atoms with Crippen molar-refractivity contribution in [3.8, 4) is 0 Å². The van der Waals surface area contributed by atoms with Gasteiger partial charge in [0, 0.05) is 12.2 Å². The fourth-order valence-electron chi connectivity index (χ4n) is 2.10. The van der Waals surface area contributed by atoms with Crippen LogP contribution >= 0.6 is 11.6 Å². The lowest BCUT2D eigenvalue weighted by Gasteiger charge is -2.26. The Morgan fingerprint density at radius 1 is 1.53 bits per heavy atom. The van der Waals surface area contributed by atoms with Crippen molar-refractivity contribution in [2.24, 2.45) is 0 Å². The van der Waals surface area contributed by atoms with Crippen LogP contribution in [0.15, 0.2) is 18.2 Å². The average molecular weight is 227 g/mol. The van der Waals surface area contributed by atoms with E-state index in [1.54, 1.807) is 6.07 Å². The molecule has 82 valence electrons. The second-order valence-corrected chi connectivity index (χ2v) is 4.29. The van der Waals surface area contributed by atoms with Crippen molar-refractivity contribution in [2.45, 2.75) is 18.9 Å². The van der Waals surface area contributed by atoms with Gasteiger partial charge in [-0.2, -0.15) is 0 Å². The molecule has 1 atom stereocenters. The Kier molecular flexibility index (Phi) is 3.03. The number of nitrogens with two attached hydrogens (primary N) is 1. The highest BCUT2D eigenvalue weighted by Gasteiger charge is 2.25. The minimum Gasteiger partial charge on any atom is -0.399 e. The van der Waals surface area contributed by atoms with Gasteiger partial charge in [0.05, 0.1) is 23.4 Å². The van der Waals surface area contributed by atoms with Crippen LogP contribution in [-0.4, -0.2) is 24.3 Å². The summed E-state index contributed by atoms with van der Waals surface area (Å²) in [5, 5.41) is 9.90. The molecular formula is C11H15ClN2O. The number of aliphatic hydroxyl groups is 1. The molecule has 3 N–H and O–H groups in total. The summed E-state index contributed by atoms with van der Waals surface area (Å²) in [5.41, 5.74) is 7.29. The van der Waals surface area contributed by atoms with Crippen molar-refractivity contribution >= 4 is 23.0 Å². The zero-order valence-electron chi connectivity index (χ0n) is 8.49. The van der Waals surface area contributed by atoms with Crippen LogP contribution in [0.1, 0.15) is 12.8 Å². The molecule has 0 saturated carbocycles. The molecule has 1 heterocycles. The van der Waals surface area contributed by atoms with Crippen molar-refractivity contribution in [1.29, 1.82) is 0 Å². The van der Waals surface area contributed by atoms with Crippen LogP contribution in [0.4, 0.5) is 11.4 Å². The van der Waals surface area contributed by atoms with Gasteiger partial charge >= 0.3 is 0 Å². The number of hydrogen-bond donors (Lipinski definition) is 2. The van der Waals surface area contributed by atoms with E-state index in [-0.39, 0.29) is 12.6 Å². The third-order valence-electron chi connectivity index (χ3n) is 2.87. The van der Waals surface area contributed by atoms with Crippen molar-refractivity contribution in [1.82, 2.24) is 0 Å². The summed E-state index contributed by atoms with van der Waals surface area (Å²) in [6.07, 6.45) is 2.13. The van der Waals surface area contributed by atoms with Crippen LogP contribution in [0.2, 0.25) is 5.02 Å². The standard InChI is InChI=1S/C11H15ClN2O/c12-10-6-8(13)3-4-11(10)14-5-1-2-9(14)7-15/h3-4,6,9,15H,1-2,5,7,13H2. The van der Waals surface area contributed by atoms with Gasteiger partial charge in [-0.1, -0.05) is 11.6 Å². The Balaban J connectivity index is 2.28. The van der Waals surface area contributed by atoms with Gasteiger partial charge in [-0.15, -0.1) is 0 Å². The monoisotopic (exact) mass is 226 g/mol. The predicted octanol–water partition coefficient (Wildman–Crippen LogP) is 1.88. The van der Waals surface area contributed by atoms with Crippen LogP contribution in [0.25, 0.3) is 0 Å². The van der Waals surface area contributed by atoms with Crippen LogP contribution in [-0.2, 0) is 0 Å². The Labute approximate surface area is 94.4 Å². The molecule has 0 aromatic heterocycles. The van der Waals surface area contributed by atoms with Crippen LogP contribution in [0.5, 0.6) is 0 Å². The van der Waals surface area contributed by atoms with E-state index in [4.69, 9.17) is 17.3 Å². The number of anilines is 2. The lowest BCUT2D eigenvalue weighted by Crippen LogP contribution is -2.32. The summed E-state index contributed by atoms with van der Waals surface area (Å²) >= 11 is 6.13. The zero-order chi connectivity index (χ0) is 10.8. The van der Waals surface area contributed by atoms with Gasteiger partial charge in [0.25, 0.3) is 0 Å². The molecule has 3 nitrogen and oxygen atoms in total. The third-order valence-corrected chi connectivity index (χ3v) is 3.17. The van der Waals surface area contributed by atoms with Gasteiger partial charge in [0.1, 0.15) is 0 Å². The fourth-order valence-corrected chi connectivity index (χ4v) is 2.40. The SMILES string of the molecule is Nc1ccc(N2CCCC2CO)c(Cl)c1. The van der Waals surface area contributed by atoms with E-state index in [9.17, 15) is 5.11 Å². The Morgan fingerprint density at radius 3 is 3.00 bits per heavy atom. The largest absolute Gasteiger partial charge is 0.399 e. The molecule has 4 heteroatoms. The topological polar surface area (TPSA) is 49.5 Å². The molecule has 0 bridgehead atoms. The zero-order valence-corrected chi connectivity index (χ0v) is 9.24. The van der Waals surface area contributed by atoms with Crippen LogP contribution in [0.3, 0.4) is 0 Å². The van der Waals surface area contributed by atoms with Crippen LogP contribution in [0, 0.1) is 0 Å². The maximum atomic E-state index is 9.23. The first-order valence-electron chi connectivity index (χ1n) is 5.15. The lowest BCUT2D eigenvalue weighted by atomic mass is 10.2. The molecule has 1 fully saturated rings. The number of nitrogen functional groups attached to an aromatic ring is 1. The molecule has 0 radical (unpaired) electrons. The molecule has 1 unspecified atom stereocenters. The molecule has 1 aromatic carbocycles.